The summed E-state index contributed by atoms with van der Waals surface area (Å²) in [4.78, 5) is 12.0. The molecule has 2 aromatic carbocycles. The van der Waals surface area contributed by atoms with Crippen LogP contribution in [0.5, 0.6) is 5.75 Å². The number of carbonyl (C=O) groups is 1. The van der Waals surface area contributed by atoms with E-state index in [0.717, 1.165) is 20.0 Å². The van der Waals surface area contributed by atoms with Crippen LogP contribution in [-0.4, -0.2) is 5.91 Å². The van der Waals surface area contributed by atoms with Gasteiger partial charge in [0, 0.05) is 15.6 Å². The highest BCUT2D eigenvalue weighted by Gasteiger charge is 2.10. The van der Waals surface area contributed by atoms with Crippen molar-refractivity contribution in [2.75, 3.05) is 0 Å². The van der Waals surface area contributed by atoms with E-state index in [1.165, 1.54) is 0 Å². The normalized spacial score (nSPS) is 10.7. The molecular formula is C16H12ClNO2S. The van der Waals surface area contributed by atoms with E-state index in [4.69, 9.17) is 22.1 Å². The van der Waals surface area contributed by atoms with E-state index in [2.05, 4.69) is 0 Å². The molecule has 0 aliphatic rings. The molecule has 2 N–H and O–H groups in total. The molecule has 0 atom stereocenters. The lowest BCUT2D eigenvalue weighted by Crippen LogP contribution is -2.10. The lowest BCUT2D eigenvalue weighted by molar-refractivity contribution is 0.100. The molecule has 1 heterocycles. The van der Waals surface area contributed by atoms with Crippen molar-refractivity contribution in [1.29, 1.82) is 0 Å². The van der Waals surface area contributed by atoms with E-state index in [-0.39, 0.29) is 0 Å². The van der Waals surface area contributed by atoms with Crippen LogP contribution < -0.4 is 10.5 Å². The van der Waals surface area contributed by atoms with Gasteiger partial charge >= 0.3 is 0 Å². The van der Waals surface area contributed by atoms with Gasteiger partial charge in [0.05, 0.1) is 9.90 Å². The number of halogens is 1. The molecule has 3 nitrogen and oxygen atoms in total. The van der Waals surface area contributed by atoms with Crippen molar-refractivity contribution in [3.63, 3.8) is 0 Å². The van der Waals surface area contributed by atoms with Crippen molar-refractivity contribution >= 4 is 38.9 Å². The van der Waals surface area contributed by atoms with E-state index in [0.29, 0.717) is 17.9 Å². The number of carbonyl (C=O) groups excluding carboxylic acids is 1. The Morgan fingerprint density at radius 3 is 2.52 bits per heavy atom. The van der Waals surface area contributed by atoms with Gasteiger partial charge in [-0.25, -0.2) is 0 Å². The molecule has 0 unspecified atom stereocenters. The topological polar surface area (TPSA) is 52.3 Å². The van der Waals surface area contributed by atoms with E-state index in [1.807, 2.05) is 24.3 Å². The van der Waals surface area contributed by atoms with Crippen molar-refractivity contribution in [3.05, 3.63) is 64.0 Å². The summed E-state index contributed by atoms with van der Waals surface area (Å²) in [6.07, 6.45) is 0. The Labute approximate surface area is 130 Å². The number of thiophene rings is 1. The van der Waals surface area contributed by atoms with Crippen LogP contribution in [0.2, 0.25) is 5.02 Å². The fourth-order valence-electron chi connectivity index (χ4n) is 2.02. The predicted octanol–water partition coefficient (Wildman–Crippen LogP) is 4.23. The summed E-state index contributed by atoms with van der Waals surface area (Å²) < 4.78 is 6.85. The minimum atomic E-state index is -0.450. The molecule has 1 amide bonds. The maximum Gasteiger partial charge on any atom is 0.248 e. The highest BCUT2D eigenvalue weighted by Crippen LogP contribution is 2.35. The third-order valence-electron chi connectivity index (χ3n) is 3.11. The molecule has 0 saturated heterocycles. The molecule has 0 saturated carbocycles. The molecule has 5 heteroatoms. The van der Waals surface area contributed by atoms with Crippen molar-refractivity contribution in [1.82, 2.24) is 0 Å². The molecular weight excluding hydrogens is 306 g/mol. The first kappa shape index (κ1) is 13.9. The molecule has 0 spiro atoms. The van der Waals surface area contributed by atoms with Gasteiger partial charge in [0.1, 0.15) is 12.4 Å². The van der Waals surface area contributed by atoms with Crippen molar-refractivity contribution in [2.24, 2.45) is 5.73 Å². The van der Waals surface area contributed by atoms with Gasteiger partial charge in [-0.05, 0) is 30.3 Å². The fraction of sp³-hybridized carbons (Fsp3) is 0.0625. The van der Waals surface area contributed by atoms with Crippen molar-refractivity contribution in [3.8, 4) is 5.75 Å². The number of nitrogens with two attached hydrogens (primary N) is 1. The molecule has 106 valence electrons. The van der Waals surface area contributed by atoms with Crippen LogP contribution in [0.3, 0.4) is 0 Å². The van der Waals surface area contributed by atoms with Gasteiger partial charge in [-0.1, -0.05) is 29.8 Å². The highest BCUT2D eigenvalue weighted by atomic mass is 35.5. The Bertz CT molecular complexity index is 796. The van der Waals surface area contributed by atoms with Crippen LogP contribution in [-0.2, 0) is 6.61 Å². The van der Waals surface area contributed by atoms with Gasteiger partial charge in [0.15, 0.2) is 0 Å². The Kier molecular flexibility index (Phi) is 3.82. The zero-order valence-corrected chi connectivity index (χ0v) is 12.6. The zero-order chi connectivity index (χ0) is 14.8. The quantitative estimate of drug-likeness (QED) is 0.782. The summed E-state index contributed by atoms with van der Waals surface area (Å²) in [6, 6.07) is 14.7. The first-order chi connectivity index (χ1) is 10.1. The predicted molar refractivity (Wildman–Crippen MR) is 86.1 cm³/mol. The third-order valence-corrected chi connectivity index (χ3v) is 4.80. The minimum absolute atomic E-state index is 0.397. The largest absolute Gasteiger partial charge is 0.488 e. The summed E-state index contributed by atoms with van der Waals surface area (Å²) in [5.41, 5.74) is 5.66. The monoisotopic (exact) mass is 317 g/mol. The van der Waals surface area contributed by atoms with E-state index in [1.54, 1.807) is 35.6 Å². The molecule has 0 aliphatic heterocycles. The van der Waals surface area contributed by atoms with Crippen LogP contribution in [0.15, 0.2) is 48.5 Å². The average Bonchev–Trinajstić information content (AvgIpc) is 2.82. The first-order valence-electron chi connectivity index (χ1n) is 6.34. The number of ether oxygens (including phenoxy) is 1. The van der Waals surface area contributed by atoms with E-state index in [9.17, 15) is 4.79 Å². The third kappa shape index (κ3) is 2.86. The smallest absolute Gasteiger partial charge is 0.248 e. The molecule has 3 rings (SSSR count). The second-order valence-corrected chi connectivity index (χ2v) is 6.03. The Hall–Kier alpha value is -2.04. The van der Waals surface area contributed by atoms with E-state index >= 15 is 0 Å². The lowest BCUT2D eigenvalue weighted by atomic mass is 10.2. The second-order valence-electron chi connectivity index (χ2n) is 4.51. The summed E-state index contributed by atoms with van der Waals surface area (Å²) in [5, 5.41) is 1.79. The number of primary amides is 1. The number of amides is 1. The standard InChI is InChI=1S/C16H12ClNO2S/c17-15-12-3-1-2-4-13(12)21-14(15)9-20-11-7-5-10(6-8-11)16(18)19/h1-8H,9H2,(H2,18,19). The van der Waals surface area contributed by atoms with Crippen molar-refractivity contribution in [2.45, 2.75) is 6.61 Å². The van der Waals surface area contributed by atoms with Gasteiger partial charge in [0.25, 0.3) is 0 Å². The highest BCUT2D eigenvalue weighted by molar-refractivity contribution is 7.19. The summed E-state index contributed by atoms with van der Waals surface area (Å²) in [6.45, 7) is 0.397. The Balaban J connectivity index is 1.77. The Morgan fingerprint density at radius 2 is 1.86 bits per heavy atom. The number of benzene rings is 2. The molecule has 0 bridgehead atoms. The van der Waals surface area contributed by atoms with Crippen molar-refractivity contribution < 1.29 is 9.53 Å². The maximum absolute atomic E-state index is 11.0. The number of fused-ring (bicyclic) bond motifs is 1. The summed E-state index contributed by atoms with van der Waals surface area (Å²) in [7, 11) is 0. The van der Waals surface area contributed by atoms with Crippen LogP contribution >= 0.6 is 22.9 Å². The summed E-state index contributed by atoms with van der Waals surface area (Å²) in [5.74, 6) is 0.225. The average molecular weight is 318 g/mol. The Morgan fingerprint density at radius 1 is 1.14 bits per heavy atom. The molecule has 3 aromatic rings. The van der Waals surface area contributed by atoms with Gasteiger partial charge in [0.2, 0.25) is 5.91 Å². The number of hydrogen-bond donors (Lipinski definition) is 1. The second kappa shape index (κ2) is 5.76. The van der Waals surface area contributed by atoms with Crippen LogP contribution in [0.1, 0.15) is 15.2 Å². The molecule has 0 radical (unpaired) electrons. The first-order valence-corrected chi connectivity index (χ1v) is 7.53. The van der Waals surface area contributed by atoms with E-state index < -0.39 is 5.91 Å². The molecule has 0 aliphatic carbocycles. The van der Waals surface area contributed by atoms with Crippen LogP contribution in [0.25, 0.3) is 10.1 Å². The van der Waals surface area contributed by atoms with Crippen LogP contribution in [0, 0.1) is 0 Å². The summed E-state index contributed by atoms with van der Waals surface area (Å²) >= 11 is 7.98. The maximum atomic E-state index is 11.0. The number of hydrogen-bond acceptors (Lipinski definition) is 3. The molecule has 0 fully saturated rings. The molecule has 1 aromatic heterocycles. The van der Waals surface area contributed by atoms with Gasteiger partial charge in [-0.3, -0.25) is 4.79 Å². The van der Waals surface area contributed by atoms with Gasteiger partial charge in [-0.15, -0.1) is 11.3 Å². The minimum Gasteiger partial charge on any atom is -0.488 e. The van der Waals surface area contributed by atoms with Crippen LogP contribution in [0.4, 0.5) is 0 Å². The molecule has 21 heavy (non-hydrogen) atoms. The van der Waals surface area contributed by atoms with Gasteiger partial charge in [-0.2, -0.15) is 0 Å². The SMILES string of the molecule is NC(=O)c1ccc(OCc2sc3ccccc3c2Cl)cc1. The fourth-order valence-corrected chi connectivity index (χ4v) is 3.42. The lowest BCUT2D eigenvalue weighted by Gasteiger charge is -2.05. The number of rotatable bonds is 4. The van der Waals surface area contributed by atoms with Gasteiger partial charge < -0.3 is 10.5 Å². The zero-order valence-electron chi connectivity index (χ0n) is 11.0.